The van der Waals surface area contributed by atoms with Gasteiger partial charge in [0.2, 0.25) is 0 Å². The molecule has 0 saturated carbocycles. The summed E-state index contributed by atoms with van der Waals surface area (Å²) in [5, 5.41) is 10.9. The molecule has 0 spiro atoms. The molecular formula is C10H10F2N2. The van der Waals surface area contributed by atoms with Crippen LogP contribution in [0.25, 0.3) is 0 Å². The van der Waals surface area contributed by atoms with E-state index in [0.717, 1.165) is 0 Å². The predicted molar refractivity (Wildman–Crippen MR) is 49.8 cm³/mol. The van der Waals surface area contributed by atoms with Crippen LogP contribution < -0.4 is 5.32 Å². The summed E-state index contributed by atoms with van der Waals surface area (Å²) in [4.78, 5) is 0. The minimum atomic E-state index is -0.685. The first-order valence-corrected chi connectivity index (χ1v) is 4.17. The molecule has 0 amide bonds. The van der Waals surface area contributed by atoms with Crippen LogP contribution in [0, 0.1) is 29.9 Å². The maximum atomic E-state index is 13.3. The molecule has 1 unspecified atom stereocenters. The molecule has 1 aromatic rings. The van der Waals surface area contributed by atoms with E-state index in [2.05, 4.69) is 5.32 Å². The summed E-state index contributed by atoms with van der Waals surface area (Å²) in [5.74, 6) is -1.33. The number of hydrogen-bond acceptors (Lipinski definition) is 2. The summed E-state index contributed by atoms with van der Waals surface area (Å²) >= 11 is 0. The van der Waals surface area contributed by atoms with Crippen molar-refractivity contribution in [3.8, 4) is 6.07 Å². The van der Waals surface area contributed by atoms with E-state index in [9.17, 15) is 8.78 Å². The highest BCUT2D eigenvalue weighted by Crippen LogP contribution is 2.22. The van der Waals surface area contributed by atoms with Gasteiger partial charge < -0.3 is 5.32 Å². The standard InChI is InChI=1S/C10H10F2N2/c1-6-3-4-8(11)10(9(6)12)14-7(2)5-13/h3-4,7,14H,1-2H3. The smallest absolute Gasteiger partial charge is 0.152 e. The molecule has 1 aromatic carbocycles. The molecular weight excluding hydrogens is 186 g/mol. The number of aryl methyl sites for hydroxylation is 1. The highest BCUT2D eigenvalue weighted by molar-refractivity contribution is 5.50. The lowest BCUT2D eigenvalue weighted by Crippen LogP contribution is -2.15. The molecule has 0 fully saturated rings. The van der Waals surface area contributed by atoms with Crippen molar-refractivity contribution in [2.75, 3.05) is 5.32 Å². The Balaban J connectivity index is 3.08. The summed E-state index contributed by atoms with van der Waals surface area (Å²) in [7, 11) is 0. The number of hydrogen-bond donors (Lipinski definition) is 1. The maximum Gasteiger partial charge on any atom is 0.152 e. The zero-order valence-corrected chi connectivity index (χ0v) is 7.94. The van der Waals surface area contributed by atoms with Gasteiger partial charge in [0.1, 0.15) is 17.5 Å². The van der Waals surface area contributed by atoms with Crippen molar-refractivity contribution in [3.05, 3.63) is 29.3 Å². The molecule has 0 aromatic heterocycles. The van der Waals surface area contributed by atoms with Crippen molar-refractivity contribution in [2.24, 2.45) is 0 Å². The Morgan fingerprint density at radius 2 is 2.07 bits per heavy atom. The largest absolute Gasteiger partial charge is 0.365 e. The SMILES string of the molecule is Cc1ccc(F)c(NC(C)C#N)c1F. The Morgan fingerprint density at radius 3 is 2.64 bits per heavy atom. The molecule has 0 aliphatic heterocycles. The molecule has 1 rings (SSSR count). The van der Waals surface area contributed by atoms with E-state index in [1.807, 2.05) is 6.07 Å². The third-order valence-electron chi connectivity index (χ3n) is 1.84. The van der Waals surface area contributed by atoms with Crippen LogP contribution in [0.15, 0.2) is 12.1 Å². The summed E-state index contributed by atoms with van der Waals surface area (Å²) in [6.45, 7) is 3.07. The Hall–Kier alpha value is -1.63. The molecule has 74 valence electrons. The van der Waals surface area contributed by atoms with Crippen molar-refractivity contribution < 1.29 is 8.78 Å². The molecule has 0 heterocycles. The Morgan fingerprint density at radius 1 is 1.43 bits per heavy atom. The monoisotopic (exact) mass is 196 g/mol. The van der Waals surface area contributed by atoms with E-state index in [1.54, 1.807) is 0 Å². The fourth-order valence-electron chi connectivity index (χ4n) is 1.04. The van der Waals surface area contributed by atoms with Gasteiger partial charge in [-0.1, -0.05) is 6.07 Å². The van der Waals surface area contributed by atoms with Crippen LogP contribution in [-0.2, 0) is 0 Å². The van der Waals surface area contributed by atoms with Crippen molar-refractivity contribution in [2.45, 2.75) is 19.9 Å². The van der Waals surface area contributed by atoms with Crippen LogP contribution in [0.3, 0.4) is 0 Å². The van der Waals surface area contributed by atoms with Gasteiger partial charge in [0.15, 0.2) is 5.82 Å². The van der Waals surface area contributed by atoms with Crippen molar-refractivity contribution >= 4 is 5.69 Å². The molecule has 2 nitrogen and oxygen atoms in total. The van der Waals surface area contributed by atoms with Gasteiger partial charge in [-0.2, -0.15) is 5.26 Å². The third kappa shape index (κ3) is 1.99. The van der Waals surface area contributed by atoms with E-state index in [-0.39, 0.29) is 5.69 Å². The quantitative estimate of drug-likeness (QED) is 0.789. The molecule has 0 aliphatic rings. The third-order valence-corrected chi connectivity index (χ3v) is 1.84. The number of nitrogens with one attached hydrogen (secondary N) is 1. The molecule has 14 heavy (non-hydrogen) atoms. The zero-order chi connectivity index (χ0) is 10.7. The number of nitriles is 1. The van der Waals surface area contributed by atoms with Crippen LogP contribution >= 0.6 is 0 Å². The summed E-state index contributed by atoms with van der Waals surface area (Å²) in [6, 6.07) is 3.74. The highest BCUT2D eigenvalue weighted by atomic mass is 19.1. The average molecular weight is 196 g/mol. The lowest BCUT2D eigenvalue weighted by atomic mass is 10.2. The van der Waals surface area contributed by atoms with Gasteiger partial charge in [-0.25, -0.2) is 8.78 Å². The second-order valence-corrected chi connectivity index (χ2v) is 3.05. The van der Waals surface area contributed by atoms with Crippen molar-refractivity contribution in [1.82, 2.24) is 0 Å². The first-order chi connectivity index (χ1) is 6.56. The molecule has 0 saturated heterocycles. The van der Waals surface area contributed by atoms with Gasteiger partial charge in [0.05, 0.1) is 6.07 Å². The maximum absolute atomic E-state index is 13.3. The molecule has 4 heteroatoms. The summed E-state index contributed by atoms with van der Waals surface area (Å²) in [6.07, 6.45) is 0. The Labute approximate surface area is 81.2 Å². The minimum Gasteiger partial charge on any atom is -0.365 e. The second-order valence-electron chi connectivity index (χ2n) is 3.05. The van der Waals surface area contributed by atoms with Crippen LogP contribution in [0.5, 0.6) is 0 Å². The molecule has 0 aliphatic carbocycles. The van der Waals surface area contributed by atoms with Crippen LogP contribution in [-0.4, -0.2) is 6.04 Å². The first kappa shape index (κ1) is 10.5. The Bertz CT molecular complexity index is 382. The van der Waals surface area contributed by atoms with Crippen LogP contribution in [0.4, 0.5) is 14.5 Å². The molecule has 1 N–H and O–H groups in total. The predicted octanol–water partition coefficient (Wildman–Crippen LogP) is 2.60. The number of nitrogens with zero attached hydrogens (tertiary/aromatic N) is 1. The molecule has 0 radical (unpaired) electrons. The fourth-order valence-corrected chi connectivity index (χ4v) is 1.04. The first-order valence-electron chi connectivity index (χ1n) is 4.17. The normalized spacial score (nSPS) is 11.9. The summed E-state index contributed by atoms with van der Waals surface area (Å²) < 4.78 is 26.5. The van der Waals surface area contributed by atoms with E-state index < -0.39 is 17.7 Å². The van der Waals surface area contributed by atoms with Crippen LogP contribution in [0.2, 0.25) is 0 Å². The van der Waals surface area contributed by atoms with E-state index >= 15 is 0 Å². The fraction of sp³-hybridized carbons (Fsp3) is 0.300. The van der Waals surface area contributed by atoms with Gasteiger partial charge >= 0.3 is 0 Å². The second kappa shape index (κ2) is 4.05. The zero-order valence-electron chi connectivity index (χ0n) is 7.94. The number of rotatable bonds is 2. The van der Waals surface area contributed by atoms with Crippen molar-refractivity contribution in [3.63, 3.8) is 0 Å². The van der Waals surface area contributed by atoms with Gasteiger partial charge in [-0.15, -0.1) is 0 Å². The number of benzene rings is 1. The highest BCUT2D eigenvalue weighted by Gasteiger charge is 2.12. The van der Waals surface area contributed by atoms with Gasteiger partial charge in [-0.05, 0) is 25.5 Å². The van der Waals surface area contributed by atoms with Crippen LogP contribution in [0.1, 0.15) is 12.5 Å². The van der Waals surface area contributed by atoms with E-state index in [4.69, 9.17) is 5.26 Å². The number of halogens is 2. The van der Waals surface area contributed by atoms with E-state index in [1.165, 1.54) is 26.0 Å². The Kier molecular flexibility index (Phi) is 3.03. The van der Waals surface area contributed by atoms with Gasteiger partial charge in [0.25, 0.3) is 0 Å². The molecule has 0 bridgehead atoms. The molecule has 1 atom stereocenters. The lowest BCUT2D eigenvalue weighted by Gasteiger charge is -2.11. The van der Waals surface area contributed by atoms with Gasteiger partial charge in [-0.3, -0.25) is 0 Å². The number of anilines is 1. The van der Waals surface area contributed by atoms with E-state index in [0.29, 0.717) is 5.56 Å². The lowest BCUT2D eigenvalue weighted by molar-refractivity contribution is 0.581. The summed E-state index contributed by atoms with van der Waals surface area (Å²) in [5.41, 5.74) is 0.109. The average Bonchev–Trinajstić information content (AvgIpc) is 2.18. The topological polar surface area (TPSA) is 35.8 Å². The van der Waals surface area contributed by atoms with Crippen molar-refractivity contribution in [1.29, 1.82) is 5.26 Å². The van der Waals surface area contributed by atoms with Gasteiger partial charge in [0, 0.05) is 0 Å². The minimum absolute atomic E-state index is 0.237.